The molecule has 1 N–H and O–H groups in total. The summed E-state index contributed by atoms with van der Waals surface area (Å²) in [4.78, 5) is 11.8. The molecule has 1 fully saturated rings. The Labute approximate surface area is 133 Å². The fourth-order valence-electron chi connectivity index (χ4n) is 2.30. The lowest BCUT2D eigenvalue weighted by atomic mass is 10.0. The number of hydrogen-bond acceptors (Lipinski definition) is 4. The molecule has 0 amide bonds. The van der Waals surface area contributed by atoms with Crippen molar-refractivity contribution in [3.8, 4) is 0 Å². The summed E-state index contributed by atoms with van der Waals surface area (Å²) in [6.07, 6.45) is -2.57. The van der Waals surface area contributed by atoms with Crippen molar-refractivity contribution in [2.75, 3.05) is 26.2 Å². The van der Waals surface area contributed by atoms with E-state index in [1.807, 2.05) is 0 Å². The van der Waals surface area contributed by atoms with Crippen molar-refractivity contribution >= 4 is 30.5 Å². The number of piperazine rings is 1. The second-order valence-corrected chi connectivity index (χ2v) is 4.42. The van der Waals surface area contributed by atoms with Gasteiger partial charge in [-0.3, -0.25) is 15.0 Å². The molecule has 21 heavy (non-hydrogen) atoms. The van der Waals surface area contributed by atoms with Crippen molar-refractivity contribution in [3.63, 3.8) is 0 Å². The molecule has 0 saturated carbocycles. The maximum absolute atomic E-state index is 13.3. The van der Waals surface area contributed by atoms with Crippen LogP contribution < -0.4 is 5.32 Å². The Kier molecular flexibility index (Phi) is 8.65. The highest BCUT2D eigenvalue weighted by molar-refractivity contribution is 5.85. The van der Waals surface area contributed by atoms with E-state index in [2.05, 4.69) is 5.32 Å². The second-order valence-electron chi connectivity index (χ2n) is 4.42. The molecule has 0 aromatic heterocycles. The van der Waals surface area contributed by atoms with Crippen LogP contribution in [-0.2, 0) is 0 Å². The number of halogens is 4. The van der Waals surface area contributed by atoms with E-state index in [0.29, 0.717) is 31.7 Å². The number of nitrogens with zero attached hydrogens (tertiary/aromatic N) is 2. The van der Waals surface area contributed by atoms with E-state index in [9.17, 15) is 18.9 Å². The summed E-state index contributed by atoms with van der Waals surface area (Å²) in [7, 11) is 0. The predicted molar refractivity (Wildman–Crippen MR) is 80.8 cm³/mol. The maximum atomic E-state index is 13.3. The Morgan fingerprint density at radius 2 is 1.86 bits per heavy atom. The van der Waals surface area contributed by atoms with Gasteiger partial charge in [-0.15, -0.1) is 24.8 Å². The van der Waals surface area contributed by atoms with Gasteiger partial charge in [0, 0.05) is 38.3 Å². The third-order valence-corrected chi connectivity index (χ3v) is 3.21. The van der Waals surface area contributed by atoms with E-state index in [-0.39, 0.29) is 30.5 Å². The largest absolute Gasteiger partial charge is 0.314 e. The van der Waals surface area contributed by atoms with Gasteiger partial charge in [-0.05, 0) is 5.56 Å². The highest BCUT2D eigenvalue weighted by Crippen LogP contribution is 2.29. The summed E-state index contributed by atoms with van der Waals surface area (Å²) in [5.74, 6) is 0. The quantitative estimate of drug-likeness (QED) is 0.674. The van der Waals surface area contributed by atoms with E-state index < -0.39 is 17.4 Å². The van der Waals surface area contributed by atoms with Crippen LogP contribution in [0.25, 0.3) is 0 Å². The Hall–Kier alpha value is -1.02. The smallest absolute Gasteiger partial charge is 0.269 e. The number of alkyl halides is 2. The summed E-state index contributed by atoms with van der Waals surface area (Å²) < 4.78 is 26.5. The van der Waals surface area contributed by atoms with E-state index in [1.54, 1.807) is 4.90 Å². The van der Waals surface area contributed by atoms with E-state index in [4.69, 9.17) is 0 Å². The third kappa shape index (κ3) is 5.03. The van der Waals surface area contributed by atoms with Crippen molar-refractivity contribution in [3.05, 3.63) is 39.9 Å². The second kappa shape index (κ2) is 9.09. The molecule has 1 atom stereocenters. The third-order valence-electron chi connectivity index (χ3n) is 3.21. The maximum Gasteiger partial charge on any atom is 0.269 e. The zero-order chi connectivity index (χ0) is 13.8. The lowest BCUT2D eigenvalue weighted by molar-refractivity contribution is -0.385. The predicted octanol–water partition coefficient (Wildman–Crippen LogP) is 2.65. The van der Waals surface area contributed by atoms with Gasteiger partial charge in [-0.25, -0.2) is 8.78 Å². The number of nitro benzene ring substituents is 1. The van der Waals surface area contributed by atoms with Gasteiger partial charge in [0.25, 0.3) is 12.1 Å². The molecule has 1 aliphatic heterocycles. The first-order valence-electron chi connectivity index (χ1n) is 6.07. The first-order chi connectivity index (χ1) is 9.09. The van der Waals surface area contributed by atoms with Crippen molar-refractivity contribution in [1.29, 1.82) is 0 Å². The fourth-order valence-corrected chi connectivity index (χ4v) is 2.30. The first-order valence-corrected chi connectivity index (χ1v) is 6.07. The molecule has 1 aromatic carbocycles. The van der Waals surface area contributed by atoms with Gasteiger partial charge in [0.2, 0.25) is 0 Å². The average Bonchev–Trinajstić information content (AvgIpc) is 2.40. The number of non-ortho nitro benzene ring substituents is 1. The van der Waals surface area contributed by atoms with Crippen LogP contribution in [0.5, 0.6) is 0 Å². The van der Waals surface area contributed by atoms with Gasteiger partial charge in [0.15, 0.2) is 0 Å². The number of hydrogen-bond donors (Lipinski definition) is 1. The van der Waals surface area contributed by atoms with Crippen molar-refractivity contribution in [2.24, 2.45) is 0 Å². The normalized spacial score (nSPS) is 16.7. The first kappa shape index (κ1) is 20.0. The van der Waals surface area contributed by atoms with E-state index >= 15 is 0 Å². The fraction of sp³-hybridized carbons (Fsp3) is 0.500. The Morgan fingerprint density at radius 3 is 2.38 bits per heavy atom. The molecular weight excluding hydrogens is 327 g/mol. The lowest BCUT2D eigenvalue weighted by Crippen LogP contribution is -2.46. The number of rotatable bonds is 4. The highest BCUT2D eigenvalue weighted by Gasteiger charge is 2.30. The summed E-state index contributed by atoms with van der Waals surface area (Å²) in [6, 6.07) is 4.43. The minimum absolute atomic E-state index is 0. The van der Waals surface area contributed by atoms with Gasteiger partial charge in [-0.1, -0.05) is 12.1 Å². The van der Waals surface area contributed by atoms with Crippen molar-refractivity contribution in [1.82, 2.24) is 10.2 Å². The molecule has 5 nitrogen and oxygen atoms in total. The molecule has 0 spiro atoms. The van der Waals surface area contributed by atoms with Crippen LogP contribution in [0.2, 0.25) is 0 Å². The summed E-state index contributed by atoms with van der Waals surface area (Å²) >= 11 is 0. The molecule has 0 aliphatic carbocycles. The minimum atomic E-state index is -2.57. The number of nitro groups is 1. The van der Waals surface area contributed by atoms with E-state index in [1.165, 1.54) is 24.3 Å². The molecule has 0 unspecified atom stereocenters. The van der Waals surface area contributed by atoms with Crippen LogP contribution in [0.1, 0.15) is 11.6 Å². The highest BCUT2D eigenvalue weighted by atomic mass is 35.5. The number of nitrogens with one attached hydrogen (secondary N) is 1. The van der Waals surface area contributed by atoms with Crippen LogP contribution in [0.15, 0.2) is 24.3 Å². The standard InChI is InChI=1S/C12H15F2N3O2.2ClH/c13-12(14)11(16-6-4-15-5-7-16)9-2-1-3-10(8-9)17(18)19;;/h1-3,8,11-12,15H,4-7H2;2*1H/t11-;;/m0../s1. The summed E-state index contributed by atoms with van der Waals surface area (Å²) in [5.41, 5.74) is 0.143. The molecule has 120 valence electrons. The molecule has 2 rings (SSSR count). The Morgan fingerprint density at radius 1 is 1.24 bits per heavy atom. The van der Waals surface area contributed by atoms with Gasteiger partial charge in [-0.2, -0.15) is 0 Å². The SMILES string of the molecule is Cl.Cl.O=[N+]([O-])c1cccc([C@@H](C(F)F)N2CCNCC2)c1. The molecule has 0 radical (unpaired) electrons. The summed E-state index contributed by atoms with van der Waals surface area (Å²) in [6.45, 7) is 2.33. The molecule has 9 heteroatoms. The van der Waals surface area contributed by atoms with Gasteiger partial charge < -0.3 is 5.32 Å². The topological polar surface area (TPSA) is 58.4 Å². The molecule has 1 heterocycles. The Bertz CT molecular complexity index is 460. The minimum Gasteiger partial charge on any atom is -0.314 e. The van der Waals surface area contributed by atoms with Gasteiger partial charge >= 0.3 is 0 Å². The zero-order valence-electron chi connectivity index (χ0n) is 11.1. The number of benzene rings is 1. The Balaban J connectivity index is 0.00000200. The molecule has 1 aromatic rings. The average molecular weight is 344 g/mol. The molecule has 0 bridgehead atoms. The van der Waals surface area contributed by atoms with Crippen molar-refractivity contribution in [2.45, 2.75) is 12.5 Å². The molecule has 1 aliphatic rings. The van der Waals surface area contributed by atoms with Gasteiger partial charge in [0.05, 0.1) is 11.0 Å². The summed E-state index contributed by atoms with van der Waals surface area (Å²) in [5, 5.41) is 13.8. The van der Waals surface area contributed by atoms with Crippen molar-refractivity contribution < 1.29 is 13.7 Å². The molecule has 1 saturated heterocycles. The zero-order valence-corrected chi connectivity index (χ0v) is 12.7. The van der Waals surface area contributed by atoms with E-state index in [0.717, 1.165) is 0 Å². The van der Waals surface area contributed by atoms with Crippen LogP contribution in [0.3, 0.4) is 0 Å². The van der Waals surface area contributed by atoms with Crippen LogP contribution in [0.4, 0.5) is 14.5 Å². The van der Waals surface area contributed by atoms with Crippen LogP contribution >= 0.6 is 24.8 Å². The lowest BCUT2D eigenvalue weighted by Gasteiger charge is -2.34. The molecular formula is C12H17Cl2F2N3O2. The van der Waals surface area contributed by atoms with Gasteiger partial charge in [0.1, 0.15) is 0 Å². The monoisotopic (exact) mass is 343 g/mol. The van der Waals surface area contributed by atoms with Crippen LogP contribution in [-0.4, -0.2) is 42.4 Å². The van der Waals surface area contributed by atoms with Crippen LogP contribution in [0, 0.1) is 10.1 Å².